The van der Waals surface area contributed by atoms with Crippen molar-refractivity contribution >= 4 is 21.6 Å². The Kier molecular flexibility index (Phi) is 3.33. The van der Waals surface area contributed by atoms with Crippen molar-refractivity contribution in [3.05, 3.63) is 70.0 Å². The molecule has 0 N–H and O–H groups in total. The summed E-state index contributed by atoms with van der Waals surface area (Å²) in [6, 6.07) is 12.2. The van der Waals surface area contributed by atoms with Crippen LogP contribution in [-0.2, 0) is 12.7 Å². The molecule has 1 heterocycles. The van der Waals surface area contributed by atoms with Crippen LogP contribution in [0.15, 0.2) is 53.3 Å². The molecule has 3 aromatic rings. The lowest BCUT2D eigenvalue weighted by Crippen LogP contribution is -2.14. The SMILES string of the molecule is O=c1c2ccccc2sn1Cc1cccc(C(F)(F)F)c1. The molecule has 2 aromatic carbocycles. The summed E-state index contributed by atoms with van der Waals surface area (Å²) in [6.07, 6.45) is -4.37. The van der Waals surface area contributed by atoms with Crippen molar-refractivity contribution in [2.75, 3.05) is 0 Å². The van der Waals surface area contributed by atoms with Crippen LogP contribution in [0, 0.1) is 0 Å². The van der Waals surface area contributed by atoms with Crippen molar-refractivity contribution in [1.82, 2.24) is 3.96 Å². The minimum atomic E-state index is -4.37. The molecule has 0 fully saturated rings. The maximum absolute atomic E-state index is 12.7. The number of halogens is 3. The molecule has 1 aromatic heterocycles. The molecule has 0 amide bonds. The smallest absolute Gasteiger partial charge is 0.268 e. The van der Waals surface area contributed by atoms with Gasteiger partial charge in [0.15, 0.2) is 0 Å². The molecule has 0 saturated heterocycles. The molecule has 0 spiro atoms. The molecule has 0 aliphatic rings. The maximum Gasteiger partial charge on any atom is 0.416 e. The zero-order chi connectivity index (χ0) is 15.0. The van der Waals surface area contributed by atoms with Gasteiger partial charge in [-0.05, 0) is 29.8 Å². The Balaban J connectivity index is 1.99. The van der Waals surface area contributed by atoms with Gasteiger partial charge < -0.3 is 0 Å². The first-order valence-electron chi connectivity index (χ1n) is 6.20. The van der Waals surface area contributed by atoms with E-state index in [1.807, 2.05) is 12.1 Å². The third-order valence-electron chi connectivity index (χ3n) is 3.13. The number of hydrogen-bond acceptors (Lipinski definition) is 2. The molecular weight excluding hydrogens is 299 g/mol. The minimum Gasteiger partial charge on any atom is -0.268 e. The normalized spacial score (nSPS) is 12.0. The van der Waals surface area contributed by atoms with Crippen LogP contribution >= 0.6 is 11.5 Å². The van der Waals surface area contributed by atoms with Gasteiger partial charge in [-0.2, -0.15) is 13.2 Å². The molecule has 0 atom stereocenters. The van der Waals surface area contributed by atoms with E-state index in [4.69, 9.17) is 0 Å². The van der Waals surface area contributed by atoms with Gasteiger partial charge in [0, 0.05) is 0 Å². The highest BCUT2D eigenvalue weighted by Gasteiger charge is 2.30. The first-order valence-corrected chi connectivity index (χ1v) is 6.97. The van der Waals surface area contributed by atoms with Gasteiger partial charge in [0.1, 0.15) is 0 Å². The second-order valence-corrected chi connectivity index (χ2v) is 5.69. The molecule has 0 bridgehead atoms. The lowest BCUT2D eigenvalue weighted by atomic mass is 10.1. The highest BCUT2D eigenvalue weighted by atomic mass is 32.1. The van der Waals surface area contributed by atoms with Crippen molar-refractivity contribution < 1.29 is 13.2 Å². The Morgan fingerprint density at radius 3 is 2.52 bits per heavy atom. The number of nitrogens with zero attached hydrogens (tertiary/aromatic N) is 1. The standard InChI is InChI=1S/C15H10F3NOS/c16-15(17,18)11-5-3-4-10(8-11)9-19-14(20)12-6-1-2-7-13(12)21-19/h1-8H,9H2. The first kappa shape index (κ1) is 13.9. The van der Waals surface area contributed by atoms with Crippen LogP contribution in [0.2, 0.25) is 0 Å². The molecule has 0 unspecified atom stereocenters. The van der Waals surface area contributed by atoms with Gasteiger partial charge in [0.2, 0.25) is 0 Å². The predicted octanol–water partition coefficient (Wildman–Crippen LogP) is 4.13. The van der Waals surface area contributed by atoms with E-state index in [2.05, 4.69) is 0 Å². The topological polar surface area (TPSA) is 22.0 Å². The molecule has 0 radical (unpaired) electrons. The number of hydrogen-bond donors (Lipinski definition) is 0. The number of alkyl halides is 3. The van der Waals surface area contributed by atoms with Crippen molar-refractivity contribution in [2.45, 2.75) is 12.7 Å². The lowest BCUT2D eigenvalue weighted by Gasteiger charge is -2.08. The van der Waals surface area contributed by atoms with Crippen LogP contribution < -0.4 is 5.56 Å². The summed E-state index contributed by atoms with van der Waals surface area (Å²) in [4.78, 5) is 12.2. The molecular formula is C15H10F3NOS. The van der Waals surface area contributed by atoms with Crippen LogP contribution in [-0.4, -0.2) is 3.96 Å². The fourth-order valence-electron chi connectivity index (χ4n) is 2.13. The monoisotopic (exact) mass is 309 g/mol. The van der Waals surface area contributed by atoms with E-state index in [9.17, 15) is 18.0 Å². The van der Waals surface area contributed by atoms with Crippen molar-refractivity contribution in [1.29, 1.82) is 0 Å². The van der Waals surface area contributed by atoms with E-state index in [1.54, 1.807) is 18.2 Å². The molecule has 0 aliphatic heterocycles. The van der Waals surface area contributed by atoms with E-state index >= 15 is 0 Å². The first-order chi connectivity index (χ1) is 9.95. The number of rotatable bonds is 2. The van der Waals surface area contributed by atoms with Gasteiger partial charge in [-0.1, -0.05) is 35.8 Å². The predicted molar refractivity (Wildman–Crippen MR) is 76.6 cm³/mol. The minimum absolute atomic E-state index is 0.141. The highest BCUT2D eigenvalue weighted by Crippen LogP contribution is 2.29. The molecule has 0 aliphatic carbocycles. The highest BCUT2D eigenvalue weighted by molar-refractivity contribution is 7.13. The molecule has 0 saturated carbocycles. The van der Waals surface area contributed by atoms with Gasteiger partial charge >= 0.3 is 6.18 Å². The zero-order valence-electron chi connectivity index (χ0n) is 10.7. The summed E-state index contributed by atoms with van der Waals surface area (Å²) in [7, 11) is 0. The number of fused-ring (bicyclic) bond motifs is 1. The summed E-state index contributed by atoms with van der Waals surface area (Å²) in [6.45, 7) is 0.141. The lowest BCUT2D eigenvalue weighted by molar-refractivity contribution is -0.137. The Morgan fingerprint density at radius 1 is 1.05 bits per heavy atom. The van der Waals surface area contributed by atoms with E-state index in [0.717, 1.165) is 16.8 Å². The van der Waals surface area contributed by atoms with E-state index in [1.165, 1.54) is 21.6 Å². The van der Waals surface area contributed by atoms with Crippen LogP contribution in [0.3, 0.4) is 0 Å². The summed E-state index contributed by atoms with van der Waals surface area (Å²) in [5.74, 6) is 0. The molecule has 6 heteroatoms. The number of benzene rings is 2. The number of aromatic nitrogens is 1. The van der Waals surface area contributed by atoms with Crippen molar-refractivity contribution in [2.24, 2.45) is 0 Å². The van der Waals surface area contributed by atoms with Gasteiger partial charge in [-0.3, -0.25) is 8.75 Å². The van der Waals surface area contributed by atoms with E-state index in [-0.39, 0.29) is 12.1 Å². The Morgan fingerprint density at radius 2 is 1.81 bits per heavy atom. The van der Waals surface area contributed by atoms with Crippen LogP contribution in [0.5, 0.6) is 0 Å². The Labute approximate surface area is 122 Å². The van der Waals surface area contributed by atoms with Crippen molar-refractivity contribution in [3.63, 3.8) is 0 Å². The third kappa shape index (κ3) is 2.71. The van der Waals surface area contributed by atoms with Crippen LogP contribution in [0.25, 0.3) is 10.1 Å². The van der Waals surface area contributed by atoms with Crippen LogP contribution in [0.4, 0.5) is 13.2 Å². The van der Waals surface area contributed by atoms with E-state index in [0.29, 0.717) is 10.9 Å². The average molecular weight is 309 g/mol. The van der Waals surface area contributed by atoms with Gasteiger partial charge in [-0.15, -0.1) is 0 Å². The maximum atomic E-state index is 12.7. The Hall–Kier alpha value is -2.08. The fourth-order valence-corrected chi connectivity index (χ4v) is 3.16. The molecule has 2 nitrogen and oxygen atoms in total. The van der Waals surface area contributed by atoms with Gasteiger partial charge in [-0.25, -0.2) is 0 Å². The van der Waals surface area contributed by atoms with Crippen molar-refractivity contribution in [3.8, 4) is 0 Å². The van der Waals surface area contributed by atoms with E-state index < -0.39 is 11.7 Å². The molecule has 108 valence electrons. The van der Waals surface area contributed by atoms with Gasteiger partial charge in [0.05, 0.1) is 22.2 Å². The largest absolute Gasteiger partial charge is 0.416 e. The second kappa shape index (κ2) is 5.04. The summed E-state index contributed by atoms with van der Waals surface area (Å²) in [5, 5.41) is 0.592. The molecule has 3 rings (SSSR count). The third-order valence-corrected chi connectivity index (χ3v) is 4.20. The Bertz CT molecular complexity index is 848. The van der Waals surface area contributed by atoms with Crippen LogP contribution in [0.1, 0.15) is 11.1 Å². The average Bonchev–Trinajstić information content (AvgIpc) is 2.75. The quantitative estimate of drug-likeness (QED) is 0.697. The summed E-state index contributed by atoms with van der Waals surface area (Å²) >= 11 is 1.25. The second-order valence-electron chi connectivity index (χ2n) is 4.63. The zero-order valence-corrected chi connectivity index (χ0v) is 11.5. The van der Waals surface area contributed by atoms with Gasteiger partial charge in [0.25, 0.3) is 5.56 Å². The summed E-state index contributed by atoms with van der Waals surface area (Å²) < 4.78 is 40.4. The summed E-state index contributed by atoms with van der Waals surface area (Å²) in [5.41, 5.74) is -0.416. The molecule has 21 heavy (non-hydrogen) atoms. The fraction of sp³-hybridized carbons (Fsp3) is 0.133.